The average molecular weight is 384 g/mol. The summed E-state index contributed by atoms with van der Waals surface area (Å²) < 4.78 is 5.01. The standard InChI is InChI=1S/C17H15Cl2NO5/c1-25-11-5-2-9(3-6-11)15(21)14(17(23)24)20-16(22)12-7-4-10(18)8-13(12)19/h2-8,14-15,21H,1H3,(H,20,22)(H,23,24). The quantitative estimate of drug-likeness (QED) is 0.712. The van der Waals surface area contributed by atoms with E-state index in [1.54, 1.807) is 12.1 Å². The molecule has 0 bridgehead atoms. The number of aliphatic hydroxyl groups is 1. The van der Waals surface area contributed by atoms with Crippen LogP contribution in [0.15, 0.2) is 42.5 Å². The van der Waals surface area contributed by atoms with Gasteiger partial charge < -0.3 is 20.3 Å². The van der Waals surface area contributed by atoms with Gasteiger partial charge in [0.05, 0.1) is 17.7 Å². The molecule has 2 rings (SSSR count). The van der Waals surface area contributed by atoms with Crippen LogP contribution >= 0.6 is 23.2 Å². The molecule has 1 amide bonds. The molecule has 0 saturated carbocycles. The number of hydrogen-bond acceptors (Lipinski definition) is 4. The van der Waals surface area contributed by atoms with Crippen molar-refractivity contribution in [1.82, 2.24) is 5.32 Å². The van der Waals surface area contributed by atoms with Crippen LogP contribution in [0, 0.1) is 0 Å². The van der Waals surface area contributed by atoms with Crippen molar-refractivity contribution in [3.8, 4) is 5.75 Å². The molecule has 25 heavy (non-hydrogen) atoms. The van der Waals surface area contributed by atoms with E-state index in [0.29, 0.717) is 16.3 Å². The molecule has 3 N–H and O–H groups in total. The number of carbonyl (C=O) groups excluding carboxylic acids is 1. The number of ether oxygens (including phenoxy) is 1. The number of rotatable bonds is 6. The maximum Gasteiger partial charge on any atom is 0.329 e. The third-order valence-corrected chi connectivity index (χ3v) is 4.05. The van der Waals surface area contributed by atoms with Gasteiger partial charge in [-0.15, -0.1) is 0 Å². The summed E-state index contributed by atoms with van der Waals surface area (Å²) in [5, 5.41) is 22.4. The van der Waals surface area contributed by atoms with Crippen molar-refractivity contribution in [2.24, 2.45) is 0 Å². The molecule has 8 heteroatoms. The number of carbonyl (C=O) groups is 2. The van der Waals surface area contributed by atoms with Gasteiger partial charge in [-0.25, -0.2) is 4.79 Å². The highest BCUT2D eigenvalue weighted by molar-refractivity contribution is 6.36. The Hall–Kier alpha value is -2.28. The second-order valence-electron chi connectivity index (χ2n) is 5.13. The van der Waals surface area contributed by atoms with Gasteiger partial charge >= 0.3 is 5.97 Å². The lowest BCUT2D eigenvalue weighted by Crippen LogP contribution is -2.45. The van der Waals surface area contributed by atoms with Crippen molar-refractivity contribution in [3.63, 3.8) is 0 Å². The van der Waals surface area contributed by atoms with Crippen LogP contribution in [0.25, 0.3) is 0 Å². The Labute approximate surface area is 153 Å². The third kappa shape index (κ3) is 4.63. The minimum Gasteiger partial charge on any atom is -0.497 e. The molecule has 0 fully saturated rings. The first-order valence-electron chi connectivity index (χ1n) is 7.14. The zero-order valence-corrected chi connectivity index (χ0v) is 14.6. The molecular formula is C17H15Cl2NO5. The molecule has 0 aliphatic heterocycles. The van der Waals surface area contributed by atoms with Gasteiger partial charge in [-0.05, 0) is 35.9 Å². The Bertz CT molecular complexity index is 779. The predicted octanol–water partition coefficient (Wildman–Crippen LogP) is 2.92. The van der Waals surface area contributed by atoms with Crippen molar-refractivity contribution >= 4 is 35.1 Å². The lowest BCUT2D eigenvalue weighted by molar-refractivity contribution is -0.142. The zero-order valence-electron chi connectivity index (χ0n) is 13.1. The van der Waals surface area contributed by atoms with Gasteiger partial charge in [0.25, 0.3) is 5.91 Å². The van der Waals surface area contributed by atoms with Crippen molar-refractivity contribution < 1.29 is 24.5 Å². The second-order valence-corrected chi connectivity index (χ2v) is 5.98. The first-order valence-corrected chi connectivity index (χ1v) is 7.90. The molecule has 2 unspecified atom stereocenters. The largest absolute Gasteiger partial charge is 0.497 e. The number of methoxy groups -OCH3 is 1. The molecule has 0 radical (unpaired) electrons. The second kappa shape index (κ2) is 8.20. The first-order chi connectivity index (χ1) is 11.8. The summed E-state index contributed by atoms with van der Waals surface area (Å²) in [4.78, 5) is 23.8. The van der Waals surface area contributed by atoms with Gasteiger partial charge in [-0.2, -0.15) is 0 Å². The highest BCUT2D eigenvalue weighted by atomic mass is 35.5. The van der Waals surface area contributed by atoms with Gasteiger partial charge in [0.1, 0.15) is 11.9 Å². The van der Waals surface area contributed by atoms with E-state index in [4.69, 9.17) is 27.9 Å². The Morgan fingerprint density at radius 2 is 1.76 bits per heavy atom. The molecule has 0 spiro atoms. The maximum absolute atomic E-state index is 12.3. The molecule has 0 saturated heterocycles. The van der Waals surface area contributed by atoms with Gasteiger partial charge in [0.15, 0.2) is 6.04 Å². The van der Waals surface area contributed by atoms with Gasteiger partial charge in [-0.1, -0.05) is 35.3 Å². The predicted molar refractivity (Wildman–Crippen MR) is 93.3 cm³/mol. The van der Waals surface area contributed by atoms with Gasteiger partial charge in [0, 0.05) is 5.02 Å². The van der Waals surface area contributed by atoms with Crippen LogP contribution in [-0.4, -0.2) is 35.2 Å². The molecular weight excluding hydrogens is 369 g/mol. The lowest BCUT2D eigenvalue weighted by Gasteiger charge is -2.21. The molecule has 2 aromatic rings. The third-order valence-electron chi connectivity index (χ3n) is 3.50. The number of carboxylic acids is 1. The summed E-state index contributed by atoms with van der Waals surface area (Å²) in [5.74, 6) is -1.57. The number of halogens is 2. The highest BCUT2D eigenvalue weighted by Crippen LogP contribution is 2.23. The highest BCUT2D eigenvalue weighted by Gasteiger charge is 2.30. The van der Waals surface area contributed by atoms with Crippen LogP contribution in [0.4, 0.5) is 0 Å². The average Bonchev–Trinajstić information content (AvgIpc) is 2.58. The Morgan fingerprint density at radius 1 is 1.12 bits per heavy atom. The van der Waals surface area contributed by atoms with Crippen LogP contribution in [0.2, 0.25) is 10.0 Å². The molecule has 2 atom stereocenters. The molecule has 0 heterocycles. The smallest absolute Gasteiger partial charge is 0.329 e. The van der Waals surface area contributed by atoms with E-state index < -0.39 is 24.0 Å². The maximum atomic E-state index is 12.3. The Kier molecular flexibility index (Phi) is 6.25. The zero-order chi connectivity index (χ0) is 18.6. The summed E-state index contributed by atoms with van der Waals surface area (Å²) in [6.45, 7) is 0. The molecule has 6 nitrogen and oxygen atoms in total. The van der Waals surface area contributed by atoms with E-state index in [9.17, 15) is 19.8 Å². The summed E-state index contributed by atoms with van der Waals surface area (Å²) >= 11 is 11.7. The van der Waals surface area contributed by atoms with E-state index in [2.05, 4.69) is 5.32 Å². The molecule has 0 aromatic heterocycles. The van der Waals surface area contributed by atoms with E-state index in [0.717, 1.165) is 0 Å². The van der Waals surface area contributed by atoms with Gasteiger partial charge in [-0.3, -0.25) is 4.79 Å². The molecule has 132 valence electrons. The van der Waals surface area contributed by atoms with E-state index >= 15 is 0 Å². The molecule has 0 aliphatic carbocycles. The van der Waals surface area contributed by atoms with E-state index in [-0.39, 0.29) is 10.6 Å². The van der Waals surface area contributed by atoms with Crippen molar-refractivity contribution in [2.45, 2.75) is 12.1 Å². The van der Waals surface area contributed by atoms with Crippen molar-refractivity contribution in [2.75, 3.05) is 7.11 Å². The minimum atomic E-state index is -1.56. The van der Waals surface area contributed by atoms with E-state index in [1.807, 2.05) is 0 Å². The number of benzene rings is 2. The normalized spacial score (nSPS) is 13.0. The van der Waals surface area contributed by atoms with Crippen molar-refractivity contribution in [3.05, 3.63) is 63.6 Å². The number of aliphatic carboxylic acids is 1. The fraction of sp³-hybridized carbons (Fsp3) is 0.176. The van der Waals surface area contributed by atoms with E-state index in [1.165, 1.54) is 37.4 Å². The van der Waals surface area contributed by atoms with Crippen LogP contribution in [0.3, 0.4) is 0 Å². The Balaban J connectivity index is 2.22. The number of nitrogens with one attached hydrogen (secondary N) is 1. The van der Waals surface area contributed by atoms with Crippen LogP contribution < -0.4 is 10.1 Å². The van der Waals surface area contributed by atoms with Crippen LogP contribution in [0.1, 0.15) is 22.0 Å². The topological polar surface area (TPSA) is 95.9 Å². The number of carboxylic acid groups (broad SMARTS) is 1. The summed E-state index contributed by atoms with van der Waals surface area (Å²) in [7, 11) is 1.49. The van der Waals surface area contributed by atoms with Crippen molar-refractivity contribution in [1.29, 1.82) is 0 Å². The fourth-order valence-electron chi connectivity index (χ4n) is 2.16. The number of amides is 1. The summed E-state index contributed by atoms with van der Waals surface area (Å²) in [6.07, 6.45) is -1.46. The molecule has 0 aliphatic rings. The fourth-order valence-corrected chi connectivity index (χ4v) is 2.66. The summed E-state index contributed by atoms with van der Waals surface area (Å²) in [5.41, 5.74) is 0.370. The SMILES string of the molecule is COc1ccc(C(O)C(NC(=O)c2ccc(Cl)cc2Cl)C(=O)O)cc1. The number of aliphatic hydroxyl groups excluding tert-OH is 1. The summed E-state index contributed by atoms with van der Waals surface area (Å²) in [6, 6.07) is 8.82. The van der Waals surface area contributed by atoms with Crippen LogP contribution in [0.5, 0.6) is 5.75 Å². The first kappa shape index (κ1) is 19.1. The number of hydrogen-bond donors (Lipinski definition) is 3. The monoisotopic (exact) mass is 383 g/mol. The lowest BCUT2D eigenvalue weighted by atomic mass is 10.0. The van der Waals surface area contributed by atoms with Crippen LogP contribution in [-0.2, 0) is 4.79 Å². The Morgan fingerprint density at radius 3 is 2.28 bits per heavy atom. The minimum absolute atomic E-state index is 0.0549. The molecule has 2 aromatic carbocycles. The van der Waals surface area contributed by atoms with Gasteiger partial charge in [0.2, 0.25) is 0 Å².